The third kappa shape index (κ3) is 6.33. The Morgan fingerprint density at radius 3 is 2.68 bits per heavy atom. The second-order valence-corrected chi connectivity index (χ2v) is 9.53. The summed E-state index contributed by atoms with van der Waals surface area (Å²) in [6.45, 7) is 1.09. The molecule has 0 unspecified atom stereocenters. The maximum atomic E-state index is 13.6. The number of carbonyl (C=O) groups is 1. The number of nitrogens with one attached hydrogen (secondary N) is 2. The SMILES string of the molecule is CN(C)[C@H](CNC(=O)c1cccc(S(=O)(=O)NC[C@@H]2CCCO2)c1)c1cccc(F)c1. The molecule has 0 spiro atoms. The number of sulfonamides is 1. The van der Waals surface area contributed by atoms with E-state index >= 15 is 0 Å². The Labute approximate surface area is 182 Å². The third-order valence-electron chi connectivity index (χ3n) is 5.24. The van der Waals surface area contributed by atoms with Crippen LogP contribution in [0.25, 0.3) is 0 Å². The number of likely N-dealkylation sites (N-methyl/N-ethyl adjacent to an activating group) is 1. The Morgan fingerprint density at radius 2 is 2.00 bits per heavy atom. The van der Waals surface area contributed by atoms with Gasteiger partial charge in [0.2, 0.25) is 10.0 Å². The van der Waals surface area contributed by atoms with Crippen LogP contribution in [0.15, 0.2) is 53.4 Å². The number of halogens is 1. The normalized spacial score (nSPS) is 17.6. The summed E-state index contributed by atoms with van der Waals surface area (Å²) in [5.74, 6) is -0.747. The van der Waals surface area contributed by atoms with Crippen LogP contribution in [0.3, 0.4) is 0 Å². The summed E-state index contributed by atoms with van der Waals surface area (Å²) >= 11 is 0. The average Bonchev–Trinajstić information content (AvgIpc) is 3.26. The lowest BCUT2D eigenvalue weighted by Crippen LogP contribution is -2.35. The zero-order chi connectivity index (χ0) is 22.4. The van der Waals surface area contributed by atoms with Crippen LogP contribution in [0.4, 0.5) is 4.39 Å². The Balaban J connectivity index is 1.66. The molecule has 3 rings (SSSR count). The van der Waals surface area contributed by atoms with Crippen molar-refractivity contribution in [2.45, 2.75) is 29.9 Å². The van der Waals surface area contributed by atoms with Gasteiger partial charge in [0.1, 0.15) is 5.82 Å². The summed E-state index contributed by atoms with van der Waals surface area (Å²) < 4.78 is 46.8. The molecule has 0 saturated carbocycles. The lowest BCUT2D eigenvalue weighted by atomic mass is 10.1. The molecule has 0 aromatic heterocycles. The molecule has 168 valence electrons. The molecule has 1 amide bonds. The maximum absolute atomic E-state index is 13.6. The van der Waals surface area contributed by atoms with Crippen molar-refractivity contribution in [2.75, 3.05) is 33.8 Å². The van der Waals surface area contributed by atoms with Gasteiger partial charge in [-0.3, -0.25) is 4.79 Å². The molecule has 1 aliphatic heterocycles. The number of rotatable bonds is 9. The summed E-state index contributed by atoms with van der Waals surface area (Å²) in [5.41, 5.74) is 0.969. The van der Waals surface area contributed by atoms with E-state index in [-0.39, 0.29) is 41.5 Å². The Hall–Kier alpha value is -2.33. The van der Waals surface area contributed by atoms with Crippen molar-refractivity contribution in [1.82, 2.24) is 14.9 Å². The fourth-order valence-corrected chi connectivity index (χ4v) is 4.61. The lowest BCUT2D eigenvalue weighted by Gasteiger charge is -2.25. The molecule has 0 bridgehead atoms. The molecule has 31 heavy (non-hydrogen) atoms. The van der Waals surface area contributed by atoms with E-state index in [1.165, 1.54) is 30.3 Å². The molecule has 9 heteroatoms. The lowest BCUT2D eigenvalue weighted by molar-refractivity contribution is 0.0941. The van der Waals surface area contributed by atoms with Gasteiger partial charge in [0.15, 0.2) is 0 Å². The van der Waals surface area contributed by atoms with E-state index in [0.29, 0.717) is 6.61 Å². The molecule has 7 nitrogen and oxygen atoms in total. The first-order valence-electron chi connectivity index (χ1n) is 10.2. The van der Waals surface area contributed by atoms with Crippen molar-refractivity contribution >= 4 is 15.9 Å². The predicted octanol–water partition coefficient (Wildman–Crippen LogP) is 2.32. The summed E-state index contributed by atoms with van der Waals surface area (Å²) in [6.07, 6.45) is 1.63. The van der Waals surface area contributed by atoms with E-state index in [2.05, 4.69) is 10.0 Å². The molecule has 1 saturated heterocycles. The number of nitrogens with zero attached hydrogens (tertiary/aromatic N) is 1. The van der Waals surface area contributed by atoms with Crippen LogP contribution < -0.4 is 10.0 Å². The van der Waals surface area contributed by atoms with Crippen molar-refractivity contribution in [3.05, 3.63) is 65.5 Å². The number of hydrogen-bond acceptors (Lipinski definition) is 5. The summed E-state index contributed by atoms with van der Waals surface area (Å²) in [5, 5.41) is 2.82. The molecule has 1 fully saturated rings. The minimum Gasteiger partial charge on any atom is -0.377 e. The van der Waals surface area contributed by atoms with E-state index in [1.807, 2.05) is 19.0 Å². The van der Waals surface area contributed by atoms with E-state index in [1.54, 1.807) is 18.2 Å². The van der Waals surface area contributed by atoms with Gasteiger partial charge in [-0.25, -0.2) is 17.5 Å². The first-order valence-corrected chi connectivity index (χ1v) is 11.7. The standard InChI is InChI=1S/C22H28FN3O4S/c1-26(2)21(16-6-3-8-18(23)12-16)15-24-22(27)17-7-4-10-20(13-17)31(28,29)25-14-19-9-5-11-30-19/h3-4,6-8,10,12-13,19,21,25H,5,9,11,14-15H2,1-2H3,(H,24,27)/t19-,21+/m0/s1. The van der Waals surface area contributed by atoms with Gasteiger partial charge in [-0.15, -0.1) is 0 Å². The predicted molar refractivity (Wildman–Crippen MR) is 116 cm³/mol. The molecule has 2 aromatic rings. The number of carbonyl (C=O) groups excluding carboxylic acids is 1. The summed E-state index contributed by atoms with van der Waals surface area (Å²) in [7, 11) is -0.0723. The van der Waals surface area contributed by atoms with Crippen molar-refractivity contribution in [3.8, 4) is 0 Å². The van der Waals surface area contributed by atoms with Crippen molar-refractivity contribution in [3.63, 3.8) is 0 Å². The highest BCUT2D eigenvalue weighted by Gasteiger charge is 2.22. The van der Waals surface area contributed by atoms with Crippen LogP contribution >= 0.6 is 0 Å². The maximum Gasteiger partial charge on any atom is 0.251 e. The van der Waals surface area contributed by atoms with Crippen LogP contribution in [0.1, 0.15) is 34.8 Å². The van der Waals surface area contributed by atoms with Crippen LogP contribution in [0.5, 0.6) is 0 Å². The zero-order valence-corrected chi connectivity index (χ0v) is 18.5. The van der Waals surface area contributed by atoms with Gasteiger partial charge in [0.05, 0.1) is 17.0 Å². The van der Waals surface area contributed by atoms with Crippen LogP contribution in [0.2, 0.25) is 0 Å². The molecule has 1 heterocycles. The smallest absolute Gasteiger partial charge is 0.251 e. The van der Waals surface area contributed by atoms with E-state index in [0.717, 1.165) is 18.4 Å². The summed E-state index contributed by atoms with van der Waals surface area (Å²) in [4.78, 5) is 14.6. The van der Waals surface area contributed by atoms with Crippen molar-refractivity contribution in [2.24, 2.45) is 0 Å². The second-order valence-electron chi connectivity index (χ2n) is 7.76. The number of hydrogen-bond donors (Lipinski definition) is 2. The van der Waals surface area contributed by atoms with Gasteiger partial charge >= 0.3 is 0 Å². The monoisotopic (exact) mass is 449 g/mol. The highest BCUT2D eigenvalue weighted by molar-refractivity contribution is 7.89. The van der Waals surface area contributed by atoms with Gasteiger partial charge < -0.3 is 15.0 Å². The average molecular weight is 450 g/mol. The quantitative estimate of drug-likeness (QED) is 0.614. The second kappa shape index (κ2) is 10.3. The fraction of sp³-hybridized carbons (Fsp3) is 0.409. The van der Waals surface area contributed by atoms with Crippen LogP contribution in [-0.2, 0) is 14.8 Å². The molecule has 0 aliphatic carbocycles. The zero-order valence-electron chi connectivity index (χ0n) is 17.7. The molecule has 1 aliphatic rings. The first kappa shape index (κ1) is 23.3. The highest BCUT2D eigenvalue weighted by atomic mass is 32.2. The Kier molecular flexibility index (Phi) is 7.77. The van der Waals surface area contributed by atoms with Crippen LogP contribution in [0, 0.1) is 5.82 Å². The molecular weight excluding hydrogens is 421 g/mol. The van der Waals surface area contributed by atoms with Gasteiger partial charge in [-0.1, -0.05) is 18.2 Å². The Bertz CT molecular complexity index is 1010. The van der Waals surface area contributed by atoms with Crippen LogP contribution in [-0.4, -0.2) is 59.1 Å². The van der Waals surface area contributed by atoms with Gasteiger partial charge in [-0.05, 0) is 62.8 Å². The minimum atomic E-state index is -3.76. The van der Waals surface area contributed by atoms with E-state index in [4.69, 9.17) is 4.74 Å². The van der Waals surface area contributed by atoms with E-state index < -0.39 is 15.9 Å². The number of ether oxygens (including phenoxy) is 1. The fourth-order valence-electron chi connectivity index (χ4n) is 3.50. The minimum absolute atomic E-state index is 0.0208. The Morgan fingerprint density at radius 1 is 1.23 bits per heavy atom. The number of amides is 1. The van der Waals surface area contributed by atoms with Crippen molar-refractivity contribution < 1.29 is 22.3 Å². The summed E-state index contributed by atoms with van der Waals surface area (Å²) in [6, 6.07) is 11.9. The van der Waals surface area contributed by atoms with Gasteiger partial charge in [-0.2, -0.15) is 0 Å². The molecule has 2 N–H and O–H groups in total. The highest BCUT2D eigenvalue weighted by Crippen LogP contribution is 2.19. The molecular formula is C22H28FN3O4S. The van der Waals surface area contributed by atoms with E-state index in [9.17, 15) is 17.6 Å². The largest absolute Gasteiger partial charge is 0.377 e. The van der Waals surface area contributed by atoms with Gasteiger partial charge in [0, 0.05) is 25.3 Å². The first-order chi connectivity index (χ1) is 14.8. The van der Waals surface area contributed by atoms with Gasteiger partial charge in [0.25, 0.3) is 5.91 Å². The molecule has 2 aromatic carbocycles. The molecule has 0 radical (unpaired) electrons. The molecule has 2 atom stereocenters. The number of benzene rings is 2. The third-order valence-corrected chi connectivity index (χ3v) is 6.67. The topological polar surface area (TPSA) is 87.7 Å². The van der Waals surface area contributed by atoms with Crippen molar-refractivity contribution in [1.29, 1.82) is 0 Å².